The topological polar surface area (TPSA) is 123 Å². The van der Waals surface area contributed by atoms with E-state index < -0.39 is 4.92 Å². The smallest absolute Gasteiger partial charge is 0.271 e. The van der Waals surface area contributed by atoms with Gasteiger partial charge in [-0.3, -0.25) is 19.7 Å². The van der Waals surface area contributed by atoms with Gasteiger partial charge in [-0.25, -0.2) is 4.98 Å². The minimum Gasteiger partial charge on any atom is -0.486 e. The summed E-state index contributed by atoms with van der Waals surface area (Å²) >= 11 is 1.36. The molecule has 2 amide bonds. The molecule has 0 saturated heterocycles. The monoisotopic (exact) mass is 494 g/mol. The lowest BCUT2D eigenvalue weighted by atomic mass is 9.90. The molecule has 0 radical (unpaired) electrons. The predicted octanol–water partition coefficient (Wildman–Crippen LogP) is 4.41. The van der Waals surface area contributed by atoms with Gasteiger partial charge in [0.1, 0.15) is 23.1 Å². The third kappa shape index (κ3) is 6.42. The number of amides is 2. The lowest BCUT2D eigenvalue weighted by Gasteiger charge is -2.32. The number of benzene rings is 2. The van der Waals surface area contributed by atoms with Crippen molar-refractivity contribution in [3.05, 3.63) is 85.9 Å². The summed E-state index contributed by atoms with van der Waals surface area (Å²) < 4.78 is 5.74. The summed E-state index contributed by atoms with van der Waals surface area (Å²) in [5.41, 5.74) is 1.74. The van der Waals surface area contributed by atoms with Crippen LogP contribution in [0.2, 0.25) is 0 Å². The van der Waals surface area contributed by atoms with Gasteiger partial charge in [-0.05, 0) is 44.0 Å². The Morgan fingerprint density at radius 3 is 2.29 bits per heavy atom. The average Bonchev–Trinajstić information content (AvgIpc) is 3.34. The van der Waals surface area contributed by atoms with E-state index in [-0.39, 0.29) is 36.2 Å². The highest BCUT2D eigenvalue weighted by Gasteiger charge is 2.29. The highest BCUT2D eigenvalue weighted by Crippen LogP contribution is 2.21. The van der Waals surface area contributed by atoms with Gasteiger partial charge in [0.2, 0.25) is 0 Å². The highest BCUT2D eigenvalue weighted by molar-refractivity contribution is 7.09. The highest BCUT2D eigenvalue weighted by atomic mass is 32.1. The van der Waals surface area contributed by atoms with Gasteiger partial charge < -0.3 is 15.4 Å². The third-order valence-corrected chi connectivity index (χ3v) is 6.73. The van der Waals surface area contributed by atoms with Crippen LogP contribution in [-0.4, -0.2) is 33.8 Å². The molecule has 9 nitrogen and oxygen atoms in total. The second-order valence-electron chi connectivity index (χ2n) is 8.48. The first-order chi connectivity index (χ1) is 16.9. The molecule has 4 rings (SSSR count). The molecule has 1 aromatic heterocycles. The Balaban J connectivity index is 1.33. The quantitative estimate of drug-likeness (QED) is 0.353. The van der Waals surface area contributed by atoms with Gasteiger partial charge in [-0.2, -0.15) is 0 Å². The second kappa shape index (κ2) is 11.1. The van der Waals surface area contributed by atoms with E-state index in [1.807, 2.05) is 31.2 Å². The maximum absolute atomic E-state index is 12.9. The lowest BCUT2D eigenvalue weighted by molar-refractivity contribution is -0.384. The van der Waals surface area contributed by atoms with Crippen molar-refractivity contribution in [3.8, 4) is 5.75 Å². The molecule has 3 aromatic rings. The fraction of sp³-hybridized carbons (Fsp3) is 0.320. The molecule has 2 N–H and O–H groups in total. The van der Waals surface area contributed by atoms with Crippen LogP contribution in [0, 0.1) is 17.0 Å². The van der Waals surface area contributed by atoms with Gasteiger partial charge in [-0.1, -0.05) is 30.5 Å². The fourth-order valence-electron chi connectivity index (χ4n) is 3.97. The lowest BCUT2D eigenvalue weighted by Crippen LogP contribution is -2.53. The summed E-state index contributed by atoms with van der Waals surface area (Å²) in [5.74, 6) is 0.130. The van der Waals surface area contributed by atoms with Crippen LogP contribution in [0.5, 0.6) is 5.75 Å². The molecular formula is C25H26N4O5S. The van der Waals surface area contributed by atoms with Crippen molar-refractivity contribution >= 4 is 28.8 Å². The zero-order valence-electron chi connectivity index (χ0n) is 19.2. The van der Waals surface area contributed by atoms with Gasteiger partial charge in [0, 0.05) is 35.2 Å². The van der Waals surface area contributed by atoms with Crippen molar-refractivity contribution in [1.82, 2.24) is 15.6 Å². The van der Waals surface area contributed by atoms with E-state index in [1.165, 1.54) is 35.6 Å². The number of nitro groups is 1. The molecule has 1 aliphatic carbocycles. The van der Waals surface area contributed by atoms with Crippen LogP contribution in [0.15, 0.2) is 53.9 Å². The van der Waals surface area contributed by atoms with Crippen molar-refractivity contribution in [2.75, 3.05) is 0 Å². The largest absolute Gasteiger partial charge is 0.486 e. The molecule has 0 unspecified atom stereocenters. The number of hydrogen-bond acceptors (Lipinski definition) is 7. The summed E-state index contributed by atoms with van der Waals surface area (Å²) in [6.45, 7) is 2.28. The first-order valence-electron chi connectivity index (χ1n) is 11.4. The minimum absolute atomic E-state index is 0.0729. The maximum Gasteiger partial charge on any atom is 0.271 e. The molecule has 35 heavy (non-hydrogen) atoms. The number of non-ortho nitro benzene ring substituents is 1. The number of ether oxygens (including phenoxy) is 1. The predicted molar refractivity (Wildman–Crippen MR) is 132 cm³/mol. The van der Waals surface area contributed by atoms with Crippen LogP contribution in [0.1, 0.15) is 57.1 Å². The number of nitrogens with one attached hydrogen (secondary N) is 2. The van der Waals surface area contributed by atoms with Crippen molar-refractivity contribution in [3.63, 3.8) is 0 Å². The first kappa shape index (κ1) is 24.3. The molecule has 2 aromatic carbocycles. The van der Waals surface area contributed by atoms with E-state index >= 15 is 0 Å². The minimum atomic E-state index is -0.507. The average molecular weight is 495 g/mol. The number of carbonyl (C=O) groups is 2. The van der Waals surface area contributed by atoms with Crippen LogP contribution in [0.3, 0.4) is 0 Å². The van der Waals surface area contributed by atoms with Crippen molar-refractivity contribution in [2.24, 2.45) is 0 Å². The fourth-order valence-corrected chi connectivity index (χ4v) is 4.65. The Bertz CT molecular complexity index is 1190. The molecule has 2 atom stereocenters. The maximum atomic E-state index is 12.9. The van der Waals surface area contributed by atoms with E-state index in [1.54, 1.807) is 5.38 Å². The van der Waals surface area contributed by atoms with Crippen LogP contribution in [0.4, 0.5) is 5.69 Å². The van der Waals surface area contributed by atoms with E-state index in [4.69, 9.17) is 4.74 Å². The zero-order valence-corrected chi connectivity index (χ0v) is 20.0. The van der Waals surface area contributed by atoms with Gasteiger partial charge in [0.15, 0.2) is 0 Å². The first-order valence-corrected chi connectivity index (χ1v) is 12.3. The SMILES string of the molecule is Cc1ccc(OCc2nc(C(=O)N[C@@H]3CCCC[C@@H]3NC(=O)c3ccc([N+](=O)[O-])cc3)cs2)cc1. The van der Waals surface area contributed by atoms with E-state index in [0.717, 1.165) is 37.0 Å². The number of carbonyl (C=O) groups excluding carboxylic acids is 2. The molecule has 1 saturated carbocycles. The van der Waals surface area contributed by atoms with Gasteiger partial charge >= 0.3 is 0 Å². The number of nitro benzene ring substituents is 1. The molecule has 0 aliphatic heterocycles. The van der Waals surface area contributed by atoms with Crippen molar-refractivity contribution in [1.29, 1.82) is 0 Å². The summed E-state index contributed by atoms with van der Waals surface area (Å²) in [7, 11) is 0. The third-order valence-electron chi connectivity index (χ3n) is 5.91. The molecule has 0 bridgehead atoms. The number of hydrogen-bond donors (Lipinski definition) is 2. The molecule has 182 valence electrons. The summed E-state index contributed by atoms with van der Waals surface area (Å²) in [6.07, 6.45) is 3.36. The van der Waals surface area contributed by atoms with Crippen LogP contribution in [-0.2, 0) is 6.61 Å². The van der Waals surface area contributed by atoms with Crippen molar-refractivity contribution in [2.45, 2.75) is 51.3 Å². The van der Waals surface area contributed by atoms with Gasteiger partial charge in [-0.15, -0.1) is 11.3 Å². The van der Waals surface area contributed by atoms with Crippen molar-refractivity contribution < 1.29 is 19.2 Å². The normalized spacial score (nSPS) is 17.4. The Labute approximate surface area is 206 Å². The molecule has 1 aliphatic rings. The molecule has 1 fully saturated rings. The molecular weight excluding hydrogens is 468 g/mol. The Morgan fingerprint density at radius 1 is 1.03 bits per heavy atom. The molecule has 1 heterocycles. The Morgan fingerprint density at radius 2 is 1.66 bits per heavy atom. The Hall–Kier alpha value is -3.79. The van der Waals surface area contributed by atoms with Crippen LogP contribution < -0.4 is 15.4 Å². The van der Waals surface area contributed by atoms with Gasteiger partial charge in [0.05, 0.1) is 4.92 Å². The number of rotatable bonds is 8. The Kier molecular flexibility index (Phi) is 7.71. The summed E-state index contributed by atoms with van der Waals surface area (Å²) in [4.78, 5) is 40.3. The number of aryl methyl sites for hydroxylation is 1. The number of thiazole rings is 1. The zero-order chi connectivity index (χ0) is 24.8. The van der Waals surface area contributed by atoms with E-state index in [2.05, 4.69) is 15.6 Å². The van der Waals surface area contributed by atoms with E-state index in [9.17, 15) is 19.7 Å². The molecule has 10 heteroatoms. The standard InChI is InChI=1S/C25H26N4O5S/c1-16-6-12-19(13-7-16)34-14-23-26-22(15-35-23)25(31)28-21-5-3-2-4-20(21)27-24(30)17-8-10-18(11-9-17)29(32)33/h6-13,15,20-21H,2-5,14H2,1H3,(H,27,30)(H,28,31)/t20-,21+/m0/s1. The number of nitrogens with zero attached hydrogens (tertiary/aromatic N) is 2. The number of aromatic nitrogens is 1. The second-order valence-corrected chi connectivity index (χ2v) is 9.42. The van der Waals surface area contributed by atoms with Gasteiger partial charge in [0.25, 0.3) is 17.5 Å². The molecule has 0 spiro atoms. The van der Waals surface area contributed by atoms with Crippen LogP contribution >= 0.6 is 11.3 Å². The summed E-state index contributed by atoms with van der Waals surface area (Å²) in [5, 5.41) is 19.2. The summed E-state index contributed by atoms with van der Waals surface area (Å²) in [6, 6.07) is 12.7. The van der Waals surface area contributed by atoms with E-state index in [0.29, 0.717) is 16.3 Å². The van der Waals surface area contributed by atoms with Crippen LogP contribution in [0.25, 0.3) is 0 Å².